The van der Waals surface area contributed by atoms with Crippen LogP contribution in [0.3, 0.4) is 0 Å². The molecular weight excluding hydrogens is 556 g/mol. The number of thioether (sulfide) groups is 2. The number of nitrogens with two attached hydrogens (primary N) is 2. The van der Waals surface area contributed by atoms with Gasteiger partial charge in [-0.25, -0.2) is 9.48 Å². The smallest absolute Gasteiger partial charge is 0.356 e. The Balaban J connectivity index is 1.49. The van der Waals surface area contributed by atoms with Crippen LogP contribution in [0.25, 0.3) is 0 Å². The molecule has 0 aliphatic carbocycles. The maximum Gasteiger partial charge on any atom is 0.356 e. The molecule has 5 N–H and O–H groups in total. The normalized spacial score (nSPS) is 20.1. The lowest BCUT2D eigenvalue weighted by atomic mass is 9.96. The number of aromatic nitrogens is 4. The molecule has 3 aromatic rings. The zero-order valence-electron chi connectivity index (χ0n) is 20.9. The van der Waals surface area contributed by atoms with E-state index in [1.165, 1.54) is 33.1 Å². The molecule has 3 amide bonds. The lowest BCUT2D eigenvalue weighted by molar-refractivity contribution is -0.160. The zero-order valence-corrected chi connectivity index (χ0v) is 22.5. The molecule has 15 heteroatoms. The molecule has 2 aliphatic heterocycles. The number of hydrogen-bond donors (Lipinski definition) is 3. The van der Waals surface area contributed by atoms with Crippen molar-refractivity contribution >= 4 is 47.7 Å². The van der Waals surface area contributed by atoms with Crippen LogP contribution in [-0.2, 0) is 30.5 Å². The molecule has 2 aromatic carbocycles. The number of nitrogens with zero attached hydrogens (tertiary/aromatic N) is 5. The number of nitrogens with one attached hydrogen (secondary N) is 1. The van der Waals surface area contributed by atoms with Crippen molar-refractivity contribution in [3.8, 4) is 0 Å². The third-order valence-corrected chi connectivity index (χ3v) is 8.75. The maximum atomic E-state index is 13.9. The van der Waals surface area contributed by atoms with E-state index in [1.54, 1.807) is 0 Å². The van der Waals surface area contributed by atoms with Crippen LogP contribution in [0, 0.1) is 0 Å². The van der Waals surface area contributed by atoms with E-state index in [0.717, 1.165) is 11.1 Å². The first-order valence-electron chi connectivity index (χ1n) is 12.0. The van der Waals surface area contributed by atoms with Gasteiger partial charge in [0, 0.05) is 11.5 Å². The third-order valence-electron chi connectivity index (χ3n) is 6.29. The van der Waals surface area contributed by atoms with Crippen LogP contribution < -0.4 is 16.8 Å². The fourth-order valence-corrected chi connectivity index (χ4v) is 6.82. The number of primary amides is 1. The number of amides is 3. The molecule has 0 saturated carbocycles. The summed E-state index contributed by atoms with van der Waals surface area (Å²) in [6.45, 7) is -0.215. The summed E-state index contributed by atoms with van der Waals surface area (Å²) < 4.78 is 7.34. The summed E-state index contributed by atoms with van der Waals surface area (Å²) in [6.07, 6.45) is -0.387. The van der Waals surface area contributed by atoms with Gasteiger partial charge in [0.1, 0.15) is 17.6 Å². The number of carbonyl (C=O) groups is 4. The Morgan fingerprint density at radius 3 is 2.42 bits per heavy atom. The minimum atomic E-state index is -1.65. The van der Waals surface area contributed by atoms with Gasteiger partial charge in [-0.1, -0.05) is 72.4 Å². The van der Waals surface area contributed by atoms with Crippen LogP contribution in [0.2, 0.25) is 0 Å². The fraction of sp³-hybridized carbons (Fsp3) is 0.240. The Labute approximate surface area is 236 Å². The SMILES string of the molecule is NC(=O)Cn1nnnc1SCC1=C(C(=O)OC(c2ccccc2)c2ccccc2)N2C(=O)[C@](N)(NC=O)[C@H]2SC1. The highest BCUT2D eigenvalue weighted by molar-refractivity contribution is 8.01. The summed E-state index contributed by atoms with van der Waals surface area (Å²) >= 11 is 2.48. The monoisotopic (exact) mass is 580 g/mol. The average Bonchev–Trinajstić information content (AvgIpc) is 3.40. The highest BCUT2D eigenvalue weighted by Crippen LogP contribution is 2.45. The Bertz CT molecular complexity index is 1430. The Morgan fingerprint density at radius 1 is 1.18 bits per heavy atom. The van der Waals surface area contributed by atoms with E-state index in [4.69, 9.17) is 16.2 Å². The summed E-state index contributed by atoms with van der Waals surface area (Å²) in [6, 6.07) is 18.5. The van der Waals surface area contributed by atoms with Gasteiger partial charge in [-0.3, -0.25) is 25.0 Å². The number of esters is 1. The average molecular weight is 581 g/mol. The summed E-state index contributed by atoms with van der Waals surface area (Å²) in [5.74, 6) is -1.47. The van der Waals surface area contributed by atoms with Crippen molar-refractivity contribution in [3.63, 3.8) is 0 Å². The molecule has 3 heterocycles. The number of β-lactam (4-membered cyclic amide) rings is 1. The molecule has 1 saturated heterocycles. The van der Waals surface area contributed by atoms with Gasteiger partial charge in [-0.2, -0.15) is 0 Å². The van der Waals surface area contributed by atoms with Crippen molar-refractivity contribution in [2.24, 2.45) is 11.5 Å². The van der Waals surface area contributed by atoms with Crippen molar-refractivity contribution in [3.05, 3.63) is 83.1 Å². The van der Waals surface area contributed by atoms with Gasteiger partial charge in [-0.15, -0.1) is 16.9 Å². The van der Waals surface area contributed by atoms with Gasteiger partial charge in [0.2, 0.25) is 23.1 Å². The molecule has 5 rings (SSSR count). The van der Waals surface area contributed by atoms with Crippen LogP contribution in [0.4, 0.5) is 0 Å². The molecule has 0 radical (unpaired) electrons. The van der Waals surface area contributed by atoms with E-state index in [2.05, 4.69) is 20.8 Å². The van der Waals surface area contributed by atoms with Crippen LogP contribution >= 0.6 is 23.5 Å². The zero-order chi connectivity index (χ0) is 28.3. The first-order chi connectivity index (χ1) is 19.3. The molecule has 40 heavy (non-hydrogen) atoms. The number of carbonyl (C=O) groups excluding carboxylic acids is 4. The fourth-order valence-electron chi connectivity index (χ4n) is 4.42. The molecule has 1 aromatic heterocycles. The minimum absolute atomic E-state index is 0.0424. The van der Waals surface area contributed by atoms with E-state index in [-0.39, 0.29) is 18.0 Å². The second kappa shape index (κ2) is 11.5. The Kier molecular flexibility index (Phi) is 7.86. The van der Waals surface area contributed by atoms with E-state index in [0.29, 0.717) is 22.9 Å². The predicted octanol–water partition coefficient (Wildman–Crippen LogP) is 0.154. The number of fused-ring (bicyclic) bond motifs is 1. The number of hydrogen-bond acceptors (Lipinski definition) is 11. The Morgan fingerprint density at radius 2 is 1.82 bits per heavy atom. The lowest BCUT2D eigenvalue weighted by Gasteiger charge is -2.55. The van der Waals surface area contributed by atoms with Crippen molar-refractivity contribution in [1.82, 2.24) is 30.4 Å². The lowest BCUT2D eigenvalue weighted by Crippen LogP contribution is -2.83. The molecule has 13 nitrogen and oxygen atoms in total. The van der Waals surface area contributed by atoms with Gasteiger partial charge < -0.3 is 15.8 Å². The standard InChI is InChI=1S/C25H24N8O5S2/c26-18(35)11-32-24(29-30-31-32)40-13-17-12-39-23-25(27,28-14-34)22(37)33(23)19(17)21(36)38-20(15-7-3-1-4-8-15)16-9-5-2-6-10-16/h1-10,14,20,23H,11-13,27H2,(H2,26,35)(H,28,34)/t23-,25+/m1/s1. The molecule has 2 aliphatic rings. The quantitative estimate of drug-likeness (QED) is 0.0921. The maximum absolute atomic E-state index is 13.9. The van der Waals surface area contributed by atoms with Gasteiger partial charge in [0.25, 0.3) is 5.91 Å². The molecule has 2 atom stereocenters. The number of ether oxygens (including phenoxy) is 1. The first kappa shape index (κ1) is 27.4. The van der Waals surface area contributed by atoms with E-state index >= 15 is 0 Å². The van der Waals surface area contributed by atoms with E-state index in [9.17, 15) is 19.2 Å². The summed E-state index contributed by atoms with van der Waals surface area (Å²) in [5, 5.41) is 13.3. The van der Waals surface area contributed by atoms with Crippen LogP contribution in [0.15, 0.2) is 77.1 Å². The number of rotatable bonds is 11. The van der Waals surface area contributed by atoms with E-state index in [1.807, 2.05) is 60.7 Å². The third kappa shape index (κ3) is 5.17. The van der Waals surface area contributed by atoms with Crippen LogP contribution in [0.5, 0.6) is 0 Å². The van der Waals surface area contributed by atoms with Crippen LogP contribution in [0.1, 0.15) is 17.2 Å². The first-order valence-corrected chi connectivity index (χ1v) is 14.0. The van der Waals surface area contributed by atoms with Gasteiger partial charge in [0.05, 0.1) is 0 Å². The molecule has 0 spiro atoms. The van der Waals surface area contributed by atoms with Gasteiger partial charge >= 0.3 is 5.97 Å². The molecule has 0 bridgehead atoms. The molecule has 206 valence electrons. The topological polar surface area (TPSA) is 188 Å². The summed E-state index contributed by atoms with van der Waals surface area (Å²) in [5.41, 5.74) is 11.9. The van der Waals surface area contributed by atoms with Crippen LogP contribution in [-0.4, -0.2) is 71.8 Å². The van der Waals surface area contributed by atoms with Crippen molar-refractivity contribution in [2.75, 3.05) is 11.5 Å². The minimum Gasteiger partial charge on any atom is -0.448 e. The van der Waals surface area contributed by atoms with Crippen molar-refractivity contribution in [1.29, 1.82) is 0 Å². The summed E-state index contributed by atoms with van der Waals surface area (Å²) in [7, 11) is 0. The Hall–Kier alpha value is -4.21. The molecule has 0 unspecified atom stereocenters. The predicted molar refractivity (Wildman–Crippen MR) is 145 cm³/mol. The van der Waals surface area contributed by atoms with Crippen molar-refractivity contribution < 1.29 is 23.9 Å². The molecule has 1 fully saturated rings. The van der Waals surface area contributed by atoms with E-state index < -0.39 is 34.9 Å². The second-order valence-electron chi connectivity index (χ2n) is 8.90. The highest BCUT2D eigenvalue weighted by Gasteiger charge is 2.63. The second-order valence-corrected chi connectivity index (χ2v) is 10.9. The van der Waals surface area contributed by atoms with Crippen molar-refractivity contribution in [2.45, 2.75) is 28.8 Å². The number of benzene rings is 2. The summed E-state index contributed by atoms with van der Waals surface area (Å²) in [4.78, 5) is 51.0. The van der Waals surface area contributed by atoms with Gasteiger partial charge in [0.15, 0.2) is 6.10 Å². The largest absolute Gasteiger partial charge is 0.448 e. The van der Waals surface area contributed by atoms with Gasteiger partial charge in [-0.05, 0) is 27.1 Å². The highest BCUT2D eigenvalue weighted by atomic mass is 32.2. The number of tetrazole rings is 1. The molecular formula is C25H24N8O5S2.